The Morgan fingerprint density at radius 2 is 1.50 bits per heavy atom. The summed E-state index contributed by atoms with van der Waals surface area (Å²) in [6.45, 7) is 0. The molecule has 18 heavy (non-hydrogen) atoms. The van der Waals surface area contributed by atoms with Gasteiger partial charge in [0.25, 0.3) is 0 Å². The third-order valence-corrected chi connectivity index (χ3v) is 2.27. The molecule has 0 saturated carbocycles. The normalized spacial score (nSPS) is 12.8. The van der Waals surface area contributed by atoms with E-state index < -0.39 is 38.7 Å². The summed E-state index contributed by atoms with van der Waals surface area (Å²) in [5.74, 6) is -3.31. The number of hydrogen-bond acceptors (Lipinski definition) is 3. The van der Waals surface area contributed by atoms with Crippen LogP contribution < -0.4 is 10.4 Å². The molecule has 0 amide bonds. The molecule has 0 spiro atoms. The van der Waals surface area contributed by atoms with Crippen molar-refractivity contribution in [3.8, 4) is 0 Å². The smallest absolute Gasteiger partial charge is 0.302 e. The van der Waals surface area contributed by atoms with E-state index in [1.165, 1.54) is 0 Å². The van der Waals surface area contributed by atoms with Crippen LogP contribution in [0.2, 0.25) is 5.02 Å². The zero-order valence-electron chi connectivity index (χ0n) is 8.15. The van der Waals surface area contributed by atoms with E-state index in [9.17, 15) is 27.0 Å². The van der Waals surface area contributed by atoms with E-state index in [1.807, 2.05) is 0 Å². The number of halogens is 6. The molecule has 0 aliphatic carbocycles. The minimum Gasteiger partial charge on any atom is -0.302 e. The molecule has 0 unspecified atom stereocenters. The molecule has 0 saturated heterocycles. The zero-order valence-corrected chi connectivity index (χ0v) is 8.90. The van der Waals surface area contributed by atoms with Gasteiger partial charge in [-0.25, -0.2) is 8.78 Å². The van der Waals surface area contributed by atoms with Gasteiger partial charge in [-0.1, -0.05) is 11.6 Å². The molecule has 0 atom stereocenters. The number of carbonyl (C=O) groups is 1. The van der Waals surface area contributed by atoms with Crippen molar-refractivity contribution >= 4 is 30.2 Å². The van der Waals surface area contributed by atoms with E-state index >= 15 is 0 Å². The predicted octanol–water partition coefficient (Wildman–Crippen LogP) is 2.01. The third-order valence-electron chi connectivity index (χ3n) is 1.92. The highest BCUT2D eigenvalue weighted by molar-refractivity contribution is 6.33. The summed E-state index contributed by atoms with van der Waals surface area (Å²) in [6, 6.07) is -2.39. The molecule has 0 aliphatic rings. The van der Waals surface area contributed by atoms with Crippen LogP contribution in [0.4, 0.5) is 22.2 Å². The Hall–Kier alpha value is -1.83. The fraction of sp³-hybridized carbons (Fsp3) is 0. The summed E-state index contributed by atoms with van der Waals surface area (Å²) >= 11 is 5.18. The van der Waals surface area contributed by atoms with Crippen LogP contribution in [0.1, 0.15) is 10.4 Å². The Labute approximate surface area is 100 Å². The maximum atomic E-state index is 13.5. The fourth-order valence-corrected chi connectivity index (χ4v) is 1.45. The van der Waals surface area contributed by atoms with Gasteiger partial charge in [0.05, 0.1) is 15.5 Å². The van der Waals surface area contributed by atoms with Crippen LogP contribution in [0, 0.1) is 11.6 Å². The average molecular weight is 289 g/mol. The standard InChI is InChI=1S/C9H2ClF5O3/c10-6-5(9(13)16)7(11)3(1-17-14)4(2-18-15)8(6)12/h1-2H. The maximum absolute atomic E-state index is 13.5. The second kappa shape index (κ2) is 5.67. The lowest BCUT2D eigenvalue weighted by Crippen LogP contribution is -2.34. The van der Waals surface area contributed by atoms with Gasteiger partial charge >= 0.3 is 6.04 Å². The quantitative estimate of drug-likeness (QED) is 0.485. The summed E-state index contributed by atoms with van der Waals surface area (Å²) in [6.07, 6.45) is 0.00761. The zero-order chi connectivity index (χ0) is 13.9. The van der Waals surface area contributed by atoms with E-state index in [1.54, 1.807) is 0 Å². The highest BCUT2D eigenvalue weighted by Gasteiger charge is 2.23. The Kier molecular flexibility index (Phi) is 4.49. The molecule has 3 nitrogen and oxygen atoms in total. The molecule has 0 radical (unpaired) electrons. The van der Waals surface area contributed by atoms with Crippen LogP contribution in [0.3, 0.4) is 0 Å². The lowest BCUT2D eigenvalue weighted by atomic mass is 10.1. The van der Waals surface area contributed by atoms with Crippen molar-refractivity contribution in [2.24, 2.45) is 0 Å². The van der Waals surface area contributed by atoms with Gasteiger partial charge in [-0.3, -0.25) is 4.79 Å². The number of hydrogen-bond donors (Lipinski definition) is 0. The summed E-state index contributed by atoms with van der Waals surface area (Å²) in [5.41, 5.74) is -1.46. The van der Waals surface area contributed by atoms with Crippen molar-refractivity contribution in [1.82, 2.24) is 0 Å². The Balaban J connectivity index is 3.96. The van der Waals surface area contributed by atoms with Crippen LogP contribution in [0.15, 0.2) is 0 Å². The van der Waals surface area contributed by atoms with Gasteiger partial charge in [-0.15, -0.1) is 0 Å². The van der Waals surface area contributed by atoms with Gasteiger partial charge < -0.3 is 9.88 Å². The first-order valence-corrected chi connectivity index (χ1v) is 4.45. The van der Waals surface area contributed by atoms with Crippen LogP contribution >= 0.6 is 11.6 Å². The van der Waals surface area contributed by atoms with Crippen molar-refractivity contribution < 1.29 is 36.9 Å². The first-order chi connectivity index (χ1) is 8.45. The average Bonchev–Trinajstić information content (AvgIpc) is 2.30. The molecular weight excluding hydrogens is 287 g/mol. The van der Waals surface area contributed by atoms with E-state index in [0.29, 0.717) is 0 Å². The third kappa shape index (κ3) is 2.37. The van der Waals surface area contributed by atoms with Crippen molar-refractivity contribution in [3.63, 3.8) is 0 Å². The lowest BCUT2D eigenvalue weighted by Gasteiger charge is -2.03. The van der Waals surface area contributed by atoms with Crippen LogP contribution in [-0.4, -0.2) is 6.04 Å². The molecule has 0 N–H and O–H groups in total. The molecule has 1 rings (SSSR count). The molecule has 1 aromatic rings. The molecule has 0 fully saturated rings. The van der Waals surface area contributed by atoms with E-state index in [0.717, 1.165) is 0 Å². The molecule has 9 heteroatoms. The van der Waals surface area contributed by atoms with Gasteiger partial charge in [0, 0.05) is 9.05 Å². The summed E-state index contributed by atoms with van der Waals surface area (Å²) in [5, 5.41) is -3.32. The molecule has 1 aromatic carbocycles. The first-order valence-electron chi connectivity index (χ1n) is 4.07. The highest BCUT2D eigenvalue weighted by Crippen LogP contribution is 2.19. The SMILES string of the molecule is O=C(F)c1c(Cl)c(F)c(=COF)c(=COF)c1F. The van der Waals surface area contributed by atoms with Gasteiger partial charge in [-0.2, -0.15) is 4.39 Å². The minimum atomic E-state index is -2.39. The van der Waals surface area contributed by atoms with Gasteiger partial charge in [0.2, 0.25) is 0 Å². The van der Waals surface area contributed by atoms with Crippen molar-refractivity contribution in [1.29, 1.82) is 0 Å². The fourth-order valence-electron chi connectivity index (χ4n) is 1.19. The molecule has 0 aliphatic heterocycles. The highest BCUT2D eigenvalue weighted by atomic mass is 35.5. The number of benzene rings is 1. The number of carbonyl (C=O) groups excluding carboxylic acids is 1. The second-order valence-corrected chi connectivity index (χ2v) is 3.21. The number of rotatable bonds is 3. The molecular formula is C9H2ClF5O3. The van der Waals surface area contributed by atoms with Gasteiger partial charge in [0.15, 0.2) is 5.82 Å². The topological polar surface area (TPSA) is 35.5 Å². The summed E-state index contributed by atoms with van der Waals surface area (Å²) < 4.78 is 62.8. The maximum Gasteiger partial charge on any atom is 0.336 e. The van der Waals surface area contributed by atoms with Crippen LogP contribution in [0.25, 0.3) is 12.5 Å². The molecule has 0 heterocycles. The summed E-state index contributed by atoms with van der Waals surface area (Å²) in [7, 11) is 0. The Bertz CT molecular complexity index is 601. The van der Waals surface area contributed by atoms with E-state index in [-0.39, 0.29) is 12.5 Å². The van der Waals surface area contributed by atoms with Gasteiger partial charge in [-0.05, 0) is 0 Å². The largest absolute Gasteiger partial charge is 0.336 e. The van der Waals surface area contributed by atoms with E-state index in [4.69, 9.17) is 11.6 Å². The second-order valence-electron chi connectivity index (χ2n) is 2.83. The minimum absolute atomic E-state index is 0.0218. The van der Waals surface area contributed by atoms with Crippen LogP contribution in [-0.2, 0) is 9.88 Å². The van der Waals surface area contributed by atoms with E-state index in [2.05, 4.69) is 9.88 Å². The summed E-state index contributed by atoms with van der Waals surface area (Å²) in [4.78, 5) is 16.3. The van der Waals surface area contributed by atoms with Crippen molar-refractivity contribution in [3.05, 3.63) is 32.7 Å². The lowest BCUT2D eigenvalue weighted by molar-refractivity contribution is -0.0342. The van der Waals surface area contributed by atoms with Crippen LogP contribution in [0.5, 0.6) is 0 Å². The van der Waals surface area contributed by atoms with Crippen molar-refractivity contribution in [2.75, 3.05) is 0 Å². The first kappa shape index (κ1) is 14.2. The predicted molar refractivity (Wildman–Crippen MR) is 49.4 cm³/mol. The van der Waals surface area contributed by atoms with Gasteiger partial charge in [0.1, 0.15) is 23.9 Å². The molecule has 0 bridgehead atoms. The Morgan fingerprint density at radius 1 is 1.06 bits per heavy atom. The molecule has 98 valence electrons. The monoisotopic (exact) mass is 288 g/mol. The van der Waals surface area contributed by atoms with Crippen molar-refractivity contribution in [2.45, 2.75) is 0 Å². The molecule has 0 aromatic heterocycles. The Morgan fingerprint density at radius 3 is 1.89 bits per heavy atom.